The number of hydrogen-bond donors (Lipinski definition) is 1. The number of carbonyl (C=O) groups is 1. The Hall–Kier alpha value is -3.87. The lowest BCUT2D eigenvalue weighted by Gasteiger charge is -2.19. The van der Waals surface area contributed by atoms with Crippen molar-refractivity contribution in [2.45, 2.75) is 13.5 Å². The van der Waals surface area contributed by atoms with Crippen LogP contribution in [0.25, 0.3) is 22.0 Å². The van der Waals surface area contributed by atoms with E-state index >= 15 is 0 Å². The molecule has 0 fully saturated rings. The molecule has 0 saturated carbocycles. The molecular weight excluding hydrogens is 399 g/mol. The van der Waals surface area contributed by atoms with Gasteiger partial charge in [0.1, 0.15) is 19.0 Å². The van der Waals surface area contributed by atoms with E-state index in [9.17, 15) is 14.0 Å². The molecule has 1 aliphatic rings. The van der Waals surface area contributed by atoms with Gasteiger partial charge in [0.15, 0.2) is 17.3 Å². The maximum Gasteiger partial charge on any atom is 0.255 e. The lowest BCUT2D eigenvalue weighted by Crippen LogP contribution is -2.15. The number of halogens is 1. The van der Waals surface area contributed by atoms with Gasteiger partial charge in [-0.15, -0.1) is 0 Å². The quantitative estimate of drug-likeness (QED) is 0.505. The summed E-state index contributed by atoms with van der Waals surface area (Å²) in [5.74, 6) is 0.425. The Morgan fingerprint density at radius 3 is 2.68 bits per heavy atom. The van der Waals surface area contributed by atoms with E-state index in [1.165, 1.54) is 19.2 Å². The van der Waals surface area contributed by atoms with Crippen LogP contribution in [-0.2, 0) is 6.54 Å². The minimum atomic E-state index is -0.365. The van der Waals surface area contributed by atoms with Crippen LogP contribution >= 0.6 is 0 Å². The van der Waals surface area contributed by atoms with E-state index in [2.05, 4.69) is 4.98 Å². The number of nitrogens with one attached hydrogen (secondary N) is 1. The first-order valence-corrected chi connectivity index (χ1v) is 9.93. The highest BCUT2D eigenvalue weighted by molar-refractivity contribution is 6.13. The number of fused-ring (bicyclic) bond motifs is 3. The third kappa shape index (κ3) is 3.09. The largest absolute Gasteiger partial charge is 0.486 e. The predicted octanol–water partition coefficient (Wildman–Crippen LogP) is 4.16. The van der Waals surface area contributed by atoms with E-state index < -0.39 is 0 Å². The third-order valence-corrected chi connectivity index (χ3v) is 5.44. The number of carbonyl (C=O) groups excluding carboxylic acids is 1. The zero-order valence-electron chi connectivity index (χ0n) is 16.8. The van der Waals surface area contributed by atoms with Gasteiger partial charge >= 0.3 is 0 Å². The average molecular weight is 418 g/mol. The summed E-state index contributed by atoms with van der Waals surface area (Å²) in [4.78, 5) is 28.3. The highest BCUT2D eigenvalue weighted by Gasteiger charge is 2.29. The molecule has 4 aromatic rings. The van der Waals surface area contributed by atoms with Crippen molar-refractivity contribution in [3.8, 4) is 22.6 Å². The molecule has 0 saturated heterocycles. The van der Waals surface area contributed by atoms with Crippen molar-refractivity contribution in [2.24, 2.45) is 0 Å². The van der Waals surface area contributed by atoms with Crippen molar-refractivity contribution in [2.75, 3.05) is 13.2 Å². The molecule has 0 atom stereocenters. The second-order valence-electron chi connectivity index (χ2n) is 7.35. The zero-order chi connectivity index (χ0) is 21.5. The first kappa shape index (κ1) is 19.1. The highest BCUT2D eigenvalue weighted by Crippen LogP contribution is 2.45. The number of rotatable bonds is 4. The van der Waals surface area contributed by atoms with Crippen LogP contribution in [-0.4, -0.2) is 28.5 Å². The average Bonchev–Trinajstić information content (AvgIpc) is 3.10. The Kier molecular flexibility index (Phi) is 4.58. The van der Waals surface area contributed by atoms with Gasteiger partial charge in [-0.3, -0.25) is 9.59 Å². The number of pyridine rings is 1. The molecule has 31 heavy (non-hydrogen) atoms. The van der Waals surface area contributed by atoms with Gasteiger partial charge in [0.05, 0.1) is 23.1 Å². The predicted molar refractivity (Wildman–Crippen MR) is 114 cm³/mol. The molecule has 3 heterocycles. The van der Waals surface area contributed by atoms with Gasteiger partial charge in [-0.25, -0.2) is 4.39 Å². The summed E-state index contributed by atoms with van der Waals surface area (Å²) in [6.07, 6.45) is 1.53. The molecule has 1 aliphatic heterocycles. The normalized spacial score (nSPS) is 12.8. The van der Waals surface area contributed by atoms with E-state index in [0.717, 1.165) is 0 Å². The number of hydrogen-bond acceptors (Lipinski definition) is 4. The minimum absolute atomic E-state index is 0.127. The SMILES string of the molecule is CC(=O)c1c(-c2ccc[nH]c2=O)c2c3c(ccc2n1Cc1ccccc1F)OCCO3. The Bertz CT molecular complexity index is 1390. The lowest BCUT2D eigenvalue weighted by molar-refractivity contribution is 0.101. The second-order valence-corrected chi connectivity index (χ2v) is 7.35. The fourth-order valence-electron chi connectivity index (χ4n) is 4.15. The Morgan fingerprint density at radius 1 is 1.10 bits per heavy atom. The van der Waals surface area contributed by atoms with Crippen LogP contribution in [0.2, 0.25) is 0 Å². The zero-order valence-corrected chi connectivity index (χ0v) is 16.8. The number of aromatic nitrogens is 2. The molecular formula is C24H19FN2O4. The summed E-state index contributed by atoms with van der Waals surface area (Å²) < 4.78 is 27.9. The molecule has 1 N–H and O–H groups in total. The summed E-state index contributed by atoms with van der Waals surface area (Å²) in [6, 6.07) is 13.4. The molecule has 0 aliphatic carbocycles. The summed E-state index contributed by atoms with van der Waals surface area (Å²) >= 11 is 0. The first-order chi connectivity index (χ1) is 15.1. The molecule has 6 nitrogen and oxygen atoms in total. The summed E-state index contributed by atoms with van der Waals surface area (Å²) in [7, 11) is 0. The van der Waals surface area contributed by atoms with Crippen molar-refractivity contribution >= 4 is 16.7 Å². The van der Waals surface area contributed by atoms with Crippen LogP contribution < -0.4 is 15.0 Å². The number of Topliss-reactive ketones (excluding diaryl/α,β-unsaturated/α-hetero) is 1. The number of benzene rings is 2. The second kappa shape index (κ2) is 7.43. The fraction of sp³-hybridized carbons (Fsp3) is 0.167. The van der Waals surface area contributed by atoms with Crippen molar-refractivity contribution in [3.05, 3.63) is 82.2 Å². The van der Waals surface area contributed by atoms with Gasteiger partial charge in [0, 0.05) is 29.8 Å². The van der Waals surface area contributed by atoms with E-state index in [0.29, 0.717) is 58.0 Å². The monoisotopic (exact) mass is 418 g/mol. The van der Waals surface area contributed by atoms with Gasteiger partial charge in [0.25, 0.3) is 5.56 Å². The number of ether oxygens (including phenoxy) is 2. The van der Waals surface area contributed by atoms with Crippen molar-refractivity contribution in [3.63, 3.8) is 0 Å². The molecule has 0 amide bonds. The van der Waals surface area contributed by atoms with Gasteiger partial charge in [0.2, 0.25) is 0 Å². The van der Waals surface area contributed by atoms with Gasteiger partial charge in [-0.05, 0) is 30.3 Å². The van der Waals surface area contributed by atoms with Crippen LogP contribution in [0.15, 0.2) is 59.5 Å². The number of ketones is 1. The van der Waals surface area contributed by atoms with Crippen molar-refractivity contribution < 1.29 is 18.7 Å². The Balaban J connectivity index is 1.90. The maximum absolute atomic E-state index is 14.5. The van der Waals surface area contributed by atoms with Crippen LogP contribution in [0.4, 0.5) is 4.39 Å². The van der Waals surface area contributed by atoms with Gasteiger partial charge in [-0.2, -0.15) is 0 Å². The number of aromatic amines is 1. The lowest BCUT2D eigenvalue weighted by atomic mass is 10.0. The van der Waals surface area contributed by atoms with Crippen LogP contribution in [0, 0.1) is 5.82 Å². The molecule has 2 aromatic heterocycles. The van der Waals surface area contributed by atoms with Crippen molar-refractivity contribution in [1.29, 1.82) is 0 Å². The van der Waals surface area contributed by atoms with Gasteiger partial charge in [-0.1, -0.05) is 18.2 Å². The van der Waals surface area contributed by atoms with Crippen LogP contribution in [0.1, 0.15) is 23.0 Å². The standard InChI is InChI=1S/C24H19FN2O4/c1-14(28)22-20(16-6-4-10-26-24(16)29)21-18(8-9-19-23(21)31-12-11-30-19)27(22)13-15-5-2-3-7-17(15)25/h2-10H,11-13H2,1H3,(H,26,29). The molecule has 0 bridgehead atoms. The smallest absolute Gasteiger partial charge is 0.255 e. The van der Waals surface area contributed by atoms with Crippen LogP contribution in [0.3, 0.4) is 0 Å². The molecule has 5 rings (SSSR count). The first-order valence-electron chi connectivity index (χ1n) is 9.93. The topological polar surface area (TPSA) is 73.3 Å². The maximum atomic E-state index is 14.5. The van der Waals surface area contributed by atoms with E-state index in [1.54, 1.807) is 41.0 Å². The number of H-pyrrole nitrogens is 1. The third-order valence-electron chi connectivity index (χ3n) is 5.44. The summed E-state index contributed by atoms with van der Waals surface area (Å²) in [5, 5.41) is 0.607. The molecule has 7 heteroatoms. The fourth-order valence-corrected chi connectivity index (χ4v) is 4.15. The molecule has 0 radical (unpaired) electrons. The molecule has 0 spiro atoms. The Morgan fingerprint density at radius 2 is 1.90 bits per heavy atom. The molecule has 156 valence electrons. The minimum Gasteiger partial charge on any atom is -0.486 e. The molecule has 0 unspecified atom stereocenters. The summed E-state index contributed by atoms with van der Waals surface area (Å²) in [6.45, 7) is 2.33. The summed E-state index contributed by atoms with van der Waals surface area (Å²) in [5.41, 5.74) is 1.89. The number of nitrogens with zero attached hydrogens (tertiary/aromatic N) is 1. The van der Waals surface area contributed by atoms with E-state index in [-0.39, 0.29) is 23.7 Å². The van der Waals surface area contributed by atoms with E-state index in [4.69, 9.17) is 9.47 Å². The van der Waals surface area contributed by atoms with Gasteiger partial charge < -0.3 is 19.0 Å². The van der Waals surface area contributed by atoms with Crippen molar-refractivity contribution in [1.82, 2.24) is 9.55 Å². The van der Waals surface area contributed by atoms with E-state index in [1.807, 2.05) is 6.07 Å². The molecule has 2 aromatic carbocycles. The van der Waals surface area contributed by atoms with Crippen LogP contribution in [0.5, 0.6) is 11.5 Å². The highest BCUT2D eigenvalue weighted by atomic mass is 19.1. The Labute approximate surface area is 176 Å².